The Labute approximate surface area is 90.8 Å². The first-order valence-corrected chi connectivity index (χ1v) is 5.09. The molecule has 1 aromatic heterocycles. The molecule has 1 heterocycles. The van der Waals surface area contributed by atoms with E-state index in [1.807, 2.05) is 39.2 Å². The summed E-state index contributed by atoms with van der Waals surface area (Å²) in [5.74, 6) is 1.22. The lowest BCUT2D eigenvalue weighted by Crippen LogP contribution is -2.19. The summed E-state index contributed by atoms with van der Waals surface area (Å²) in [7, 11) is 4.01. The van der Waals surface area contributed by atoms with Crippen molar-refractivity contribution in [3.63, 3.8) is 0 Å². The molecule has 1 rings (SSSR count). The fourth-order valence-corrected chi connectivity index (χ4v) is 1.04. The Bertz CT molecular complexity index is 290. The molecule has 0 aliphatic rings. The molecule has 0 saturated carbocycles. The normalized spacial score (nSPS) is 10.4. The van der Waals surface area contributed by atoms with Gasteiger partial charge in [0.1, 0.15) is 6.61 Å². The quantitative estimate of drug-likeness (QED) is 0.711. The Morgan fingerprint density at radius 3 is 2.47 bits per heavy atom. The van der Waals surface area contributed by atoms with Crippen molar-refractivity contribution in [1.29, 1.82) is 0 Å². The molecular formula is C11H18N2O2. The van der Waals surface area contributed by atoms with E-state index < -0.39 is 0 Å². The van der Waals surface area contributed by atoms with Crippen LogP contribution < -0.4 is 9.47 Å². The zero-order valence-corrected chi connectivity index (χ0v) is 9.56. The predicted molar refractivity (Wildman–Crippen MR) is 59.5 cm³/mol. The number of ether oxygens (including phenoxy) is 2. The molecule has 0 unspecified atom stereocenters. The molecule has 0 amide bonds. The van der Waals surface area contributed by atoms with E-state index in [0.29, 0.717) is 25.0 Å². The summed E-state index contributed by atoms with van der Waals surface area (Å²) in [6.45, 7) is 4.06. The molecule has 0 atom stereocenters. The maximum absolute atomic E-state index is 5.47. The fourth-order valence-electron chi connectivity index (χ4n) is 1.04. The van der Waals surface area contributed by atoms with Gasteiger partial charge in [0.05, 0.1) is 6.61 Å². The average Bonchev–Trinajstić information content (AvgIpc) is 2.18. The second-order valence-electron chi connectivity index (χ2n) is 3.40. The highest BCUT2D eigenvalue weighted by molar-refractivity contribution is 5.19. The summed E-state index contributed by atoms with van der Waals surface area (Å²) in [6, 6.07) is 5.53. The van der Waals surface area contributed by atoms with Gasteiger partial charge >= 0.3 is 0 Å². The molecule has 0 bridgehead atoms. The molecule has 0 aliphatic carbocycles. The van der Waals surface area contributed by atoms with Crippen molar-refractivity contribution in [2.24, 2.45) is 0 Å². The minimum atomic E-state index is 0.611. The van der Waals surface area contributed by atoms with Crippen LogP contribution >= 0.6 is 0 Å². The van der Waals surface area contributed by atoms with Crippen LogP contribution in [-0.4, -0.2) is 43.7 Å². The second kappa shape index (κ2) is 6.24. The van der Waals surface area contributed by atoms with Gasteiger partial charge in [0.2, 0.25) is 11.8 Å². The predicted octanol–water partition coefficient (Wildman–Crippen LogP) is 1.42. The van der Waals surface area contributed by atoms with Crippen molar-refractivity contribution < 1.29 is 9.47 Å². The van der Waals surface area contributed by atoms with Gasteiger partial charge in [-0.1, -0.05) is 6.07 Å². The summed E-state index contributed by atoms with van der Waals surface area (Å²) >= 11 is 0. The van der Waals surface area contributed by atoms with Crippen LogP contribution in [0.2, 0.25) is 0 Å². The highest BCUT2D eigenvalue weighted by Gasteiger charge is 1.99. The number of nitrogens with zero attached hydrogens (tertiary/aromatic N) is 2. The highest BCUT2D eigenvalue weighted by Crippen LogP contribution is 2.12. The smallest absolute Gasteiger partial charge is 0.216 e. The summed E-state index contributed by atoms with van der Waals surface area (Å²) in [5, 5.41) is 0. The van der Waals surface area contributed by atoms with E-state index in [0.717, 1.165) is 6.54 Å². The number of hydrogen-bond acceptors (Lipinski definition) is 4. The van der Waals surface area contributed by atoms with Gasteiger partial charge in [-0.2, -0.15) is 4.98 Å². The van der Waals surface area contributed by atoms with Crippen LogP contribution in [0, 0.1) is 0 Å². The van der Waals surface area contributed by atoms with Crippen LogP contribution in [0.4, 0.5) is 0 Å². The van der Waals surface area contributed by atoms with Gasteiger partial charge in [0, 0.05) is 18.7 Å². The third kappa shape index (κ3) is 4.65. The van der Waals surface area contributed by atoms with Crippen molar-refractivity contribution in [2.45, 2.75) is 6.92 Å². The molecule has 4 heteroatoms. The van der Waals surface area contributed by atoms with Gasteiger partial charge in [-0.25, -0.2) is 0 Å². The highest BCUT2D eigenvalue weighted by atomic mass is 16.5. The maximum Gasteiger partial charge on any atom is 0.216 e. The van der Waals surface area contributed by atoms with Crippen LogP contribution in [0.3, 0.4) is 0 Å². The van der Waals surface area contributed by atoms with E-state index in [9.17, 15) is 0 Å². The number of aromatic nitrogens is 1. The number of likely N-dealkylation sites (N-methyl/N-ethyl adjacent to an activating group) is 1. The van der Waals surface area contributed by atoms with Crippen molar-refractivity contribution in [1.82, 2.24) is 9.88 Å². The first-order valence-electron chi connectivity index (χ1n) is 5.09. The van der Waals surface area contributed by atoms with E-state index in [1.165, 1.54) is 0 Å². The zero-order valence-electron chi connectivity index (χ0n) is 9.56. The first kappa shape index (κ1) is 11.8. The Kier molecular flexibility index (Phi) is 4.90. The number of pyridine rings is 1. The van der Waals surface area contributed by atoms with Gasteiger partial charge in [-0.3, -0.25) is 0 Å². The molecule has 0 spiro atoms. The van der Waals surface area contributed by atoms with E-state index in [-0.39, 0.29) is 0 Å². The number of hydrogen-bond donors (Lipinski definition) is 0. The van der Waals surface area contributed by atoms with Gasteiger partial charge < -0.3 is 14.4 Å². The van der Waals surface area contributed by atoms with E-state index >= 15 is 0 Å². The number of rotatable bonds is 6. The Hall–Kier alpha value is -1.29. The monoisotopic (exact) mass is 210 g/mol. The second-order valence-corrected chi connectivity index (χ2v) is 3.40. The Morgan fingerprint density at radius 2 is 1.87 bits per heavy atom. The minimum Gasteiger partial charge on any atom is -0.478 e. The molecule has 0 radical (unpaired) electrons. The molecule has 0 N–H and O–H groups in total. The van der Waals surface area contributed by atoms with E-state index in [4.69, 9.17) is 9.47 Å². The van der Waals surface area contributed by atoms with Crippen molar-refractivity contribution >= 4 is 0 Å². The van der Waals surface area contributed by atoms with Crippen LogP contribution in [0.25, 0.3) is 0 Å². The molecule has 1 aromatic rings. The molecule has 4 nitrogen and oxygen atoms in total. The fraction of sp³-hybridized carbons (Fsp3) is 0.545. The lowest BCUT2D eigenvalue weighted by atomic mass is 10.5. The zero-order chi connectivity index (χ0) is 11.1. The van der Waals surface area contributed by atoms with Crippen LogP contribution in [-0.2, 0) is 0 Å². The third-order valence-corrected chi connectivity index (χ3v) is 1.78. The van der Waals surface area contributed by atoms with Gasteiger partial charge in [0.25, 0.3) is 0 Å². The molecular weight excluding hydrogens is 192 g/mol. The van der Waals surface area contributed by atoms with Gasteiger partial charge in [0.15, 0.2) is 0 Å². The minimum absolute atomic E-state index is 0.611. The molecule has 0 fully saturated rings. The van der Waals surface area contributed by atoms with Crippen molar-refractivity contribution in [3.8, 4) is 11.8 Å². The molecule has 0 saturated heterocycles. The summed E-state index contributed by atoms with van der Waals surface area (Å²) in [4.78, 5) is 6.26. The Balaban J connectivity index is 2.43. The largest absolute Gasteiger partial charge is 0.478 e. The standard InChI is InChI=1S/C11H18N2O2/c1-4-14-10-6-5-7-11(12-10)15-9-8-13(2)3/h5-7H,4,8-9H2,1-3H3. The lowest BCUT2D eigenvalue weighted by molar-refractivity contribution is 0.248. The SMILES string of the molecule is CCOc1cccc(OCCN(C)C)n1. The van der Waals surface area contributed by atoms with Crippen molar-refractivity contribution in [2.75, 3.05) is 33.9 Å². The molecule has 84 valence electrons. The van der Waals surface area contributed by atoms with E-state index in [1.54, 1.807) is 0 Å². The van der Waals surface area contributed by atoms with Gasteiger partial charge in [-0.05, 0) is 21.0 Å². The average molecular weight is 210 g/mol. The summed E-state index contributed by atoms with van der Waals surface area (Å²) < 4.78 is 10.7. The van der Waals surface area contributed by atoms with E-state index in [2.05, 4.69) is 9.88 Å². The Morgan fingerprint density at radius 1 is 1.20 bits per heavy atom. The maximum atomic E-state index is 5.47. The lowest BCUT2D eigenvalue weighted by Gasteiger charge is -2.10. The molecule has 0 aliphatic heterocycles. The van der Waals surface area contributed by atoms with Gasteiger partial charge in [-0.15, -0.1) is 0 Å². The molecule has 0 aromatic carbocycles. The van der Waals surface area contributed by atoms with Crippen LogP contribution in [0.1, 0.15) is 6.92 Å². The van der Waals surface area contributed by atoms with Crippen molar-refractivity contribution in [3.05, 3.63) is 18.2 Å². The molecule has 15 heavy (non-hydrogen) atoms. The summed E-state index contributed by atoms with van der Waals surface area (Å²) in [6.07, 6.45) is 0. The summed E-state index contributed by atoms with van der Waals surface area (Å²) in [5.41, 5.74) is 0. The topological polar surface area (TPSA) is 34.6 Å². The van der Waals surface area contributed by atoms with Crippen LogP contribution in [0.15, 0.2) is 18.2 Å². The first-order chi connectivity index (χ1) is 7.22. The third-order valence-electron chi connectivity index (χ3n) is 1.78. The van der Waals surface area contributed by atoms with Crippen LogP contribution in [0.5, 0.6) is 11.8 Å².